The number of carbonyl (C=O) groups is 1. The molecule has 0 bridgehead atoms. The van der Waals surface area contributed by atoms with E-state index in [1.807, 2.05) is 18.2 Å². The summed E-state index contributed by atoms with van der Waals surface area (Å²) in [5.74, 6) is 1.18. The van der Waals surface area contributed by atoms with E-state index in [2.05, 4.69) is 76.3 Å². The first kappa shape index (κ1) is 23.1. The van der Waals surface area contributed by atoms with Gasteiger partial charge < -0.3 is 10.6 Å². The molecule has 2 aromatic carbocycles. The van der Waals surface area contributed by atoms with Crippen molar-refractivity contribution < 1.29 is 4.79 Å². The largest absolute Gasteiger partial charge is 0.307 e. The Labute approximate surface area is 206 Å². The normalized spacial score (nSPS) is 22.9. The molecule has 178 valence electrons. The lowest BCUT2D eigenvalue weighted by Gasteiger charge is -2.36. The van der Waals surface area contributed by atoms with Gasteiger partial charge in [-0.25, -0.2) is 0 Å². The third-order valence-corrected chi connectivity index (χ3v) is 7.49. The van der Waals surface area contributed by atoms with Crippen molar-refractivity contribution in [3.05, 3.63) is 83.6 Å². The molecule has 3 N–H and O–H groups in total. The average Bonchev–Trinajstić information content (AvgIpc) is 3.35. The van der Waals surface area contributed by atoms with Crippen LogP contribution in [0.3, 0.4) is 0 Å². The van der Waals surface area contributed by atoms with E-state index in [4.69, 9.17) is 5.26 Å². The van der Waals surface area contributed by atoms with Crippen molar-refractivity contribution in [2.75, 3.05) is 5.32 Å². The maximum absolute atomic E-state index is 12.6. The number of nitriles is 1. The number of rotatable bonds is 6. The highest BCUT2D eigenvalue weighted by molar-refractivity contribution is 6.05. The first-order valence-electron chi connectivity index (χ1n) is 12.5. The molecule has 3 aromatic rings. The number of allylic oxidation sites excluding steroid dienone is 2. The van der Waals surface area contributed by atoms with Gasteiger partial charge in [-0.1, -0.05) is 67.1 Å². The van der Waals surface area contributed by atoms with Gasteiger partial charge in [-0.3, -0.25) is 9.89 Å². The molecule has 1 heterocycles. The van der Waals surface area contributed by atoms with E-state index in [-0.39, 0.29) is 5.91 Å². The molecule has 1 amide bonds. The Morgan fingerprint density at radius 3 is 2.89 bits per heavy atom. The number of aromatic nitrogens is 2. The number of benzene rings is 2. The van der Waals surface area contributed by atoms with E-state index >= 15 is 0 Å². The summed E-state index contributed by atoms with van der Waals surface area (Å²) < 4.78 is 0. The summed E-state index contributed by atoms with van der Waals surface area (Å²) in [4.78, 5) is 12.6. The number of hydrogen-bond donors (Lipinski definition) is 3. The minimum atomic E-state index is -0.215. The smallest absolute Gasteiger partial charge is 0.256 e. The van der Waals surface area contributed by atoms with Crippen LogP contribution in [0, 0.1) is 23.2 Å². The average molecular weight is 466 g/mol. The van der Waals surface area contributed by atoms with Gasteiger partial charge in [0.05, 0.1) is 6.20 Å². The highest BCUT2D eigenvalue weighted by atomic mass is 16.1. The molecule has 6 heteroatoms. The van der Waals surface area contributed by atoms with Crippen molar-refractivity contribution in [1.29, 1.82) is 5.26 Å². The van der Waals surface area contributed by atoms with Crippen LogP contribution < -0.4 is 10.6 Å². The Balaban J connectivity index is 1.18. The molecule has 0 saturated heterocycles. The van der Waals surface area contributed by atoms with Crippen molar-refractivity contribution in [3.8, 4) is 6.07 Å². The molecule has 5 rings (SSSR count). The second-order valence-electron chi connectivity index (χ2n) is 9.72. The van der Waals surface area contributed by atoms with Gasteiger partial charge in [0.1, 0.15) is 17.5 Å². The molecule has 1 saturated carbocycles. The molecule has 1 aromatic heterocycles. The molecule has 1 fully saturated rings. The Bertz CT molecular complexity index is 1310. The van der Waals surface area contributed by atoms with Gasteiger partial charge in [0.25, 0.3) is 5.91 Å². The first-order valence-corrected chi connectivity index (χ1v) is 12.5. The number of nitrogens with zero attached hydrogens (tertiary/aromatic N) is 2. The minimum Gasteiger partial charge on any atom is -0.307 e. The molecule has 0 aliphatic heterocycles. The summed E-state index contributed by atoms with van der Waals surface area (Å²) in [6.07, 6.45) is 13.2. The van der Waals surface area contributed by atoms with E-state index in [0.29, 0.717) is 40.9 Å². The Hall–Kier alpha value is -3.69. The zero-order valence-electron chi connectivity index (χ0n) is 20.0. The number of amides is 1. The van der Waals surface area contributed by atoms with Crippen LogP contribution in [0.5, 0.6) is 0 Å². The molecule has 35 heavy (non-hydrogen) atoms. The molecule has 0 spiro atoms. The van der Waals surface area contributed by atoms with Crippen LogP contribution in [0.1, 0.15) is 56.2 Å². The van der Waals surface area contributed by atoms with Crippen molar-refractivity contribution in [2.24, 2.45) is 11.8 Å². The number of fused-ring (bicyclic) bond motifs is 1. The standard InChI is InChI=1S/C29H31N5O/c1-19(26-11-5-7-21-6-2-3-10-27(21)26)32-25-9-4-8-23(16-25)20-12-14-22(15-13-20)29(35)33-28-24(17-30)18-31-34-28/h2-3,5-7,10-12,14-15,18-20,23,25,32H,4,8-9,13,16H2,1H3,(H2,31,33,34,35)/t19-,20?,23+,25+/m1/s1. The molecule has 1 unspecified atom stereocenters. The summed E-state index contributed by atoms with van der Waals surface area (Å²) in [7, 11) is 0. The van der Waals surface area contributed by atoms with Crippen LogP contribution in [0.25, 0.3) is 10.8 Å². The Morgan fingerprint density at radius 1 is 1.20 bits per heavy atom. The monoisotopic (exact) mass is 465 g/mol. The summed E-state index contributed by atoms with van der Waals surface area (Å²) in [6.45, 7) is 2.27. The molecule has 0 radical (unpaired) electrons. The third kappa shape index (κ3) is 5.06. The minimum absolute atomic E-state index is 0.215. The number of anilines is 1. The van der Waals surface area contributed by atoms with Gasteiger partial charge in [0.15, 0.2) is 0 Å². The van der Waals surface area contributed by atoms with Gasteiger partial charge in [-0.2, -0.15) is 10.4 Å². The number of nitrogens with one attached hydrogen (secondary N) is 3. The van der Waals surface area contributed by atoms with Crippen molar-refractivity contribution in [1.82, 2.24) is 15.5 Å². The summed E-state index contributed by atoms with van der Waals surface area (Å²) >= 11 is 0. The Morgan fingerprint density at radius 2 is 2.06 bits per heavy atom. The SMILES string of the molecule is C[C@@H](N[C@H]1CCC[C@H](C2C=CC(C(=O)Nc3[nH]ncc3C#N)=CC2)C1)c1cccc2ccccc12. The van der Waals surface area contributed by atoms with Gasteiger partial charge >= 0.3 is 0 Å². The van der Waals surface area contributed by atoms with Gasteiger partial charge in [0.2, 0.25) is 0 Å². The molecule has 6 nitrogen and oxygen atoms in total. The summed E-state index contributed by atoms with van der Waals surface area (Å²) in [5, 5.41) is 24.9. The van der Waals surface area contributed by atoms with Crippen molar-refractivity contribution >= 4 is 22.5 Å². The van der Waals surface area contributed by atoms with Gasteiger partial charge in [0, 0.05) is 17.7 Å². The molecule has 2 aliphatic carbocycles. The predicted octanol–water partition coefficient (Wildman–Crippen LogP) is 5.79. The fourth-order valence-corrected chi connectivity index (χ4v) is 5.65. The van der Waals surface area contributed by atoms with E-state index in [1.54, 1.807) is 0 Å². The van der Waals surface area contributed by atoms with Crippen LogP contribution in [-0.2, 0) is 4.79 Å². The zero-order valence-corrected chi connectivity index (χ0v) is 20.0. The highest BCUT2D eigenvalue weighted by Gasteiger charge is 2.29. The second kappa shape index (κ2) is 10.3. The summed E-state index contributed by atoms with van der Waals surface area (Å²) in [6, 6.07) is 18.0. The van der Waals surface area contributed by atoms with Crippen molar-refractivity contribution in [2.45, 2.75) is 51.1 Å². The quantitative estimate of drug-likeness (QED) is 0.430. The predicted molar refractivity (Wildman–Crippen MR) is 139 cm³/mol. The summed E-state index contributed by atoms with van der Waals surface area (Å²) in [5.41, 5.74) is 2.32. The first-order chi connectivity index (χ1) is 17.1. The molecule has 4 atom stereocenters. The van der Waals surface area contributed by atoms with E-state index in [0.717, 1.165) is 12.8 Å². The van der Waals surface area contributed by atoms with E-state index in [1.165, 1.54) is 41.8 Å². The van der Waals surface area contributed by atoms with E-state index in [9.17, 15) is 4.79 Å². The lowest BCUT2D eigenvalue weighted by Crippen LogP contribution is -2.37. The maximum atomic E-state index is 12.6. The number of carbonyl (C=O) groups excluding carboxylic acids is 1. The second-order valence-corrected chi connectivity index (χ2v) is 9.72. The van der Waals surface area contributed by atoms with Crippen LogP contribution in [0.4, 0.5) is 5.82 Å². The molecule has 2 aliphatic rings. The van der Waals surface area contributed by atoms with Crippen LogP contribution in [-0.4, -0.2) is 22.1 Å². The number of H-pyrrole nitrogens is 1. The molecular weight excluding hydrogens is 434 g/mol. The van der Waals surface area contributed by atoms with Crippen molar-refractivity contribution in [3.63, 3.8) is 0 Å². The Kier molecular flexibility index (Phi) is 6.78. The maximum Gasteiger partial charge on any atom is 0.256 e. The van der Waals surface area contributed by atoms with Crippen LogP contribution in [0.2, 0.25) is 0 Å². The zero-order chi connectivity index (χ0) is 24.2. The van der Waals surface area contributed by atoms with Gasteiger partial charge in [-0.15, -0.1) is 0 Å². The van der Waals surface area contributed by atoms with Crippen LogP contribution >= 0.6 is 0 Å². The van der Waals surface area contributed by atoms with Gasteiger partial charge in [-0.05, 0) is 60.8 Å². The lowest BCUT2D eigenvalue weighted by molar-refractivity contribution is -0.112. The fraction of sp³-hybridized carbons (Fsp3) is 0.345. The lowest BCUT2D eigenvalue weighted by atomic mass is 9.74. The van der Waals surface area contributed by atoms with E-state index < -0.39 is 0 Å². The topological polar surface area (TPSA) is 93.6 Å². The molecular formula is C29H31N5O. The van der Waals surface area contributed by atoms with Crippen LogP contribution in [0.15, 0.2) is 72.5 Å². The number of hydrogen-bond acceptors (Lipinski definition) is 4. The fourth-order valence-electron chi connectivity index (χ4n) is 5.65. The highest BCUT2D eigenvalue weighted by Crippen LogP contribution is 2.36. The number of aromatic amines is 1. The third-order valence-electron chi connectivity index (χ3n) is 7.49.